The monoisotopic (exact) mass is 569 g/mol. The molecule has 1 unspecified atom stereocenters. The van der Waals surface area contributed by atoms with E-state index in [2.05, 4.69) is 0 Å². The van der Waals surface area contributed by atoms with Crippen LogP contribution in [0.5, 0.6) is 0 Å². The Morgan fingerprint density at radius 1 is 0.690 bits per heavy atom. The van der Waals surface area contributed by atoms with Crippen LogP contribution in [-0.2, 0) is 43.5 Å². The zero-order valence-electron chi connectivity index (χ0n) is 22.8. The zero-order chi connectivity index (χ0) is 29.1. The molecule has 1 aliphatic heterocycles. The molecule has 4 atom stereocenters. The molecule has 0 aromatic heterocycles. The van der Waals surface area contributed by atoms with E-state index in [9.17, 15) is 14.9 Å². The predicted octanol–water partition coefficient (Wildman–Crippen LogP) is 5.86. The highest BCUT2D eigenvalue weighted by molar-refractivity contribution is 5.89. The summed E-state index contributed by atoms with van der Waals surface area (Å²) in [6.45, 7) is 1.07. The van der Waals surface area contributed by atoms with Crippen LogP contribution in [0.2, 0.25) is 0 Å². The molecule has 0 spiro atoms. The standard InChI is InChI=1S/C33H31NO8/c35-32(27-16-18-28(19-17-27)34(36)37)42-33-31(40-22-26-14-8-3-9-15-26)30(39-21-25-12-6-2-7-13-25)29(41-33)23-38-20-24-10-4-1-5-11-24/h1-19,29-31,33H,20-23H2/t29-,30-,31+,33?/m1/s1. The molecule has 0 aliphatic carbocycles. The van der Waals surface area contributed by atoms with Gasteiger partial charge in [0, 0.05) is 12.1 Å². The van der Waals surface area contributed by atoms with Crippen molar-refractivity contribution in [2.45, 2.75) is 44.4 Å². The lowest BCUT2D eigenvalue weighted by Crippen LogP contribution is -2.40. The molecule has 1 heterocycles. The van der Waals surface area contributed by atoms with Gasteiger partial charge in [0.05, 0.1) is 36.9 Å². The fraction of sp³-hybridized carbons (Fsp3) is 0.242. The Hall–Kier alpha value is -4.41. The summed E-state index contributed by atoms with van der Waals surface area (Å²) in [6.07, 6.45) is -3.11. The molecule has 1 aliphatic rings. The first-order valence-electron chi connectivity index (χ1n) is 13.6. The van der Waals surface area contributed by atoms with E-state index < -0.39 is 35.5 Å². The molecule has 1 saturated heterocycles. The lowest BCUT2D eigenvalue weighted by Gasteiger charge is -2.25. The number of carbonyl (C=O) groups is 1. The summed E-state index contributed by atoms with van der Waals surface area (Å²) < 4.78 is 30.7. The quantitative estimate of drug-likeness (QED) is 0.112. The summed E-state index contributed by atoms with van der Waals surface area (Å²) in [7, 11) is 0. The average molecular weight is 570 g/mol. The van der Waals surface area contributed by atoms with Crippen molar-refractivity contribution in [3.05, 3.63) is 148 Å². The SMILES string of the molecule is O=C(OC1O[C@H](COCc2ccccc2)[C@@H](OCc2ccccc2)[C@@H]1OCc1ccccc1)c1ccc([N+](=O)[O-])cc1. The van der Waals surface area contributed by atoms with Crippen molar-refractivity contribution >= 4 is 11.7 Å². The van der Waals surface area contributed by atoms with Gasteiger partial charge in [0.1, 0.15) is 18.3 Å². The van der Waals surface area contributed by atoms with E-state index in [1.165, 1.54) is 24.3 Å². The zero-order valence-corrected chi connectivity index (χ0v) is 22.8. The van der Waals surface area contributed by atoms with Gasteiger partial charge in [0.15, 0.2) is 0 Å². The summed E-state index contributed by atoms with van der Waals surface area (Å²) >= 11 is 0. The van der Waals surface area contributed by atoms with Gasteiger partial charge in [-0.25, -0.2) is 4.79 Å². The van der Waals surface area contributed by atoms with Crippen molar-refractivity contribution in [3.63, 3.8) is 0 Å². The summed E-state index contributed by atoms with van der Waals surface area (Å²) in [4.78, 5) is 23.6. The third-order valence-corrected chi connectivity index (χ3v) is 6.77. The van der Waals surface area contributed by atoms with E-state index in [1.807, 2.05) is 91.0 Å². The minimum Gasteiger partial charge on any atom is -0.429 e. The van der Waals surface area contributed by atoms with E-state index in [0.29, 0.717) is 6.61 Å². The van der Waals surface area contributed by atoms with Gasteiger partial charge < -0.3 is 23.7 Å². The summed E-state index contributed by atoms with van der Waals surface area (Å²) in [5, 5.41) is 11.0. The summed E-state index contributed by atoms with van der Waals surface area (Å²) in [5.74, 6) is -0.698. The Labute approximate surface area is 243 Å². The molecule has 1 fully saturated rings. The van der Waals surface area contributed by atoms with Crippen LogP contribution in [-0.4, -0.2) is 42.1 Å². The Kier molecular flexibility index (Phi) is 10.0. The van der Waals surface area contributed by atoms with Crippen molar-refractivity contribution in [2.24, 2.45) is 0 Å². The van der Waals surface area contributed by atoms with Gasteiger partial charge in [0.2, 0.25) is 6.29 Å². The van der Waals surface area contributed by atoms with Crippen molar-refractivity contribution in [2.75, 3.05) is 6.61 Å². The van der Waals surface area contributed by atoms with Crippen molar-refractivity contribution < 1.29 is 33.4 Å². The molecule has 0 amide bonds. The summed E-state index contributed by atoms with van der Waals surface area (Å²) in [5.41, 5.74) is 2.93. The Morgan fingerprint density at radius 3 is 1.71 bits per heavy atom. The van der Waals surface area contributed by atoms with Gasteiger partial charge in [-0.1, -0.05) is 91.0 Å². The minimum atomic E-state index is -1.11. The first kappa shape index (κ1) is 29.1. The highest BCUT2D eigenvalue weighted by Crippen LogP contribution is 2.31. The van der Waals surface area contributed by atoms with Crippen molar-refractivity contribution in [1.82, 2.24) is 0 Å². The lowest BCUT2D eigenvalue weighted by molar-refractivity contribution is -0.384. The normalized spacial score (nSPS) is 19.8. The maximum Gasteiger partial charge on any atom is 0.340 e. The Bertz CT molecular complexity index is 1420. The molecule has 9 heteroatoms. The molecule has 0 N–H and O–H groups in total. The molecule has 0 bridgehead atoms. The van der Waals surface area contributed by atoms with E-state index >= 15 is 0 Å². The largest absolute Gasteiger partial charge is 0.429 e. The molecule has 0 saturated carbocycles. The molecule has 5 rings (SSSR count). The fourth-order valence-electron chi connectivity index (χ4n) is 4.59. The van der Waals surface area contributed by atoms with Gasteiger partial charge >= 0.3 is 5.97 Å². The Balaban J connectivity index is 1.35. The molecule has 42 heavy (non-hydrogen) atoms. The third-order valence-electron chi connectivity index (χ3n) is 6.77. The molecular weight excluding hydrogens is 538 g/mol. The second kappa shape index (κ2) is 14.5. The molecule has 4 aromatic rings. The highest BCUT2D eigenvalue weighted by atomic mass is 16.7. The van der Waals surface area contributed by atoms with Crippen LogP contribution in [0.4, 0.5) is 5.69 Å². The molecule has 4 aromatic carbocycles. The Morgan fingerprint density at radius 2 is 1.19 bits per heavy atom. The van der Waals surface area contributed by atoms with Crippen LogP contribution in [0.1, 0.15) is 27.0 Å². The van der Waals surface area contributed by atoms with Crippen LogP contribution >= 0.6 is 0 Å². The molecular formula is C33H31NO8. The van der Waals surface area contributed by atoms with E-state index in [-0.39, 0.29) is 31.1 Å². The number of esters is 1. The highest BCUT2D eigenvalue weighted by Gasteiger charge is 2.48. The topological polar surface area (TPSA) is 106 Å². The van der Waals surface area contributed by atoms with Crippen LogP contribution in [0.15, 0.2) is 115 Å². The smallest absolute Gasteiger partial charge is 0.340 e. The first-order valence-corrected chi connectivity index (χ1v) is 13.6. The average Bonchev–Trinajstić information content (AvgIpc) is 3.35. The van der Waals surface area contributed by atoms with Crippen molar-refractivity contribution in [1.29, 1.82) is 0 Å². The van der Waals surface area contributed by atoms with Gasteiger partial charge in [-0.15, -0.1) is 0 Å². The number of hydrogen-bond acceptors (Lipinski definition) is 8. The number of benzene rings is 4. The molecule has 9 nitrogen and oxygen atoms in total. The van der Waals surface area contributed by atoms with Gasteiger partial charge in [0.25, 0.3) is 5.69 Å². The maximum atomic E-state index is 13.1. The van der Waals surface area contributed by atoms with E-state index in [1.54, 1.807) is 0 Å². The lowest BCUT2D eigenvalue weighted by atomic mass is 10.1. The number of nitro benzene ring substituents is 1. The molecule has 0 radical (unpaired) electrons. The third kappa shape index (κ3) is 7.86. The summed E-state index contributed by atoms with van der Waals surface area (Å²) in [6, 6.07) is 34.3. The minimum absolute atomic E-state index is 0.127. The predicted molar refractivity (Wildman–Crippen MR) is 153 cm³/mol. The number of rotatable bonds is 13. The van der Waals surface area contributed by atoms with Crippen LogP contribution in [0.25, 0.3) is 0 Å². The van der Waals surface area contributed by atoms with E-state index in [4.69, 9.17) is 23.7 Å². The second-order valence-corrected chi connectivity index (χ2v) is 9.78. The number of nitrogens with zero attached hydrogens (tertiary/aromatic N) is 1. The first-order chi connectivity index (χ1) is 20.6. The number of hydrogen-bond donors (Lipinski definition) is 0. The van der Waals surface area contributed by atoms with Gasteiger partial charge in [-0.05, 0) is 28.8 Å². The van der Waals surface area contributed by atoms with Gasteiger partial charge in [-0.3, -0.25) is 10.1 Å². The number of non-ortho nitro benzene ring substituents is 1. The van der Waals surface area contributed by atoms with E-state index in [0.717, 1.165) is 16.7 Å². The second-order valence-electron chi connectivity index (χ2n) is 9.78. The van der Waals surface area contributed by atoms with Crippen LogP contribution in [0.3, 0.4) is 0 Å². The maximum absolute atomic E-state index is 13.1. The van der Waals surface area contributed by atoms with Crippen LogP contribution < -0.4 is 0 Å². The van der Waals surface area contributed by atoms with Crippen molar-refractivity contribution in [3.8, 4) is 0 Å². The number of carbonyl (C=O) groups excluding carboxylic acids is 1. The van der Waals surface area contributed by atoms with Gasteiger partial charge in [-0.2, -0.15) is 0 Å². The molecule has 216 valence electrons. The number of ether oxygens (including phenoxy) is 5. The number of nitro groups is 1. The van der Waals surface area contributed by atoms with Crippen LogP contribution in [0, 0.1) is 10.1 Å². The fourth-order valence-corrected chi connectivity index (χ4v) is 4.59.